The first kappa shape index (κ1) is 17.7. The van der Waals surface area contributed by atoms with Crippen molar-refractivity contribution in [3.8, 4) is 0 Å². The summed E-state index contributed by atoms with van der Waals surface area (Å²) in [6, 6.07) is 12.2. The van der Waals surface area contributed by atoms with Crippen LogP contribution in [0, 0.1) is 13.8 Å². The van der Waals surface area contributed by atoms with Crippen LogP contribution in [0.4, 0.5) is 5.69 Å². The molecule has 122 valence electrons. The zero-order chi connectivity index (χ0) is 17.0. The number of sulfone groups is 1. The number of nitrogens with one attached hydrogen (secondary N) is 1. The van der Waals surface area contributed by atoms with Crippen LogP contribution in [-0.2, 0) is 14.6 Å². The minimum atomic E-state index is -3.45. The third kappa shape index (κ3) is 5.18. The summed E-state index contributed by atoms with van der Waals surface area (Å²) in [5.41, 5.74) is 2.64. The van der Waals surface area contributed by atoms with Crippen molar-refractivity contribution in [1.29, 1.82) is 0 Å². The number of rotatable bonds is 5. The molecule has 0 aliphatic carbocycles. The smallest absolute Gasteiger partial charge is 0.225 e. The van der Waals surface area contributed by atoms with Crippen LogP contribution in [0.3, 0.4) is 0 Å². The van der Waals surface area contributed by atoms with E-state index in [2.05, 4.69) is 21.2 Å². The summed E-state index contributed by atoms with van der Waals surface area (Å²) in [4.78, 5) is 12.2. The molecule has 1 amide bonds. The van der Waals surface area contributed by atoms with Crippen LogP contribution in [0.25, 0.3) is 0 Å². The molecule has 2 aromatic carbocycles. The minimum absolute atomic E-state index is 0.0816. The molecule has 0 saturated carbocycles. The van der Waals surface area contributed by atoms with E-state index in [1.165, 1.54) is 0 Å². The summed E-state index contributed by atoms with van der Waals surface area (Å²) in [6.45, 7) is 3.81. The molecule has 1 N–H and O–H groups in total. The summed E-state index contributed by atoms with van der Waals surface area (Å²) in [6.07, 6.45) is -0.0816. The van der Waals surface area contributed by atoms with Gasteiger partial charge in [0.15, 0.2) is 9.84 Å². The molecule has 0 spiro atoms. The molecule has 0 fully saturated rings. The number of amides is 1. The number of halogens is 1. The normalized spacial score (nSPS) is 11.3. The second-order valence-electron chi connectivity index (χ2n) is 5.45. The average molecular weight is 396 g/mol. The van der Waals surface area contributed by atoms with E-state index in [1.54, 1.807) is 30.3 Å². The molecule has 0 heterocycles. The van der Waals surface area contributed by atoms with Gasteiger partial charge in [0.25, 0.3) is 0 Å². The van der Waals surface area contributed by atoms with Crippen LogP contribution in [0.15, 0.2) is 51.8 Å². The van der Waals surface area contributed by atoms with Crippen LogP contribution in [0.1, 0.15) is 17.5 Å². The number of aryl methyl sites for hydroxylation is 2. The quantitative estimate of drug-likeness (QED) is 0.835. The summed E-state index contributed by atoms with van der Waals surface area (Å²) in [5.74, 6) is -0.535. The number of anilines is 1. The molecular weight excluding hydrogens is 378 g/mol. The topological polar surface area (TPSA) is 63.2 Å². The maximum Gasteiger partial charge on any atom is 0.225 e. The van der Waals surface area contributed by atoms with Gasteiger partial charge in [-0.1, -0.05) is 33.6 Å². The highest BCUT2D eigenvalue weighted by Gasteiger charge is 2.16. The summed E-state index contributed by atoms with van der Waals surface area (Å²) in [7, 11) is -3.45. The van der Waals surface area contributed by atoms with Crippen LogP contribution in [0.5, 0.6) is 0 Å². The lowest BCUT2D eigenvalue weighted by Crippen LogP contribution is -2.17. The van der Waals surface area contributed by atoms with Gasteiger partial charge in [-0.25, -0.2) is 8.42 Å². The van der Waals surface area contributed by atoms with E-state index in [-0.39, 0.29) is 23.0 Å². The van der Waals surface area contributed by atoms with Gasteiger partial charge in [0.1, 0.15) is 0 Å². The molecule has 0 aliphatic heterocycles. The molecule has 4 nitrogen and oxygen atoms in total. The highest BCUT2D eigenvalue weighted by molar-refractivity contribution is 9.10. The zero-order valence-electron chi connectivity index (χ0n) is 13.0. The molecule has 0 bridgehead atoms. The fourth-order valence-corrected chi connectivity index (χ4v) is 3.97. The maximum atomic E-state index is 12.2. The van der Waals surface area contributed by atoms with E-state index >= 15 is 0 Å². The van der Waals surface area contributed by atoms with Crippen molar-refractivity contribution in [2.45, 2.75) is 25.2 Å². The lowest BCUT2D eigenvalue weighted by Gasteiger charge is -2.08. The Balaban J connectivity index is 1.99. The predicted molar refractivity (Wildman–Crippen MR) is 95.4 cm³/mol. The molecule has 23 heavy (non-hydrogen) atoms. The highest BCUT2D eigenvalue weighted by atomic mass is 79.9. The highest BCUT2D eigenvalue weighted by Crippen LogP contribution is 2.19. The third-order valence-corrected chi connectivity index (χ3v) is 5.49. The molecular formula is C17H18BrNO3S. The van der Waals surface area contributed by atoms with Crippen molar-refractivity contribution in [3.63, 3.8) is 0 Å². The second-order valence-corrected chi connectivity index (χ2v) is 8.47. The first-order valence-corrected chi connectivity index (χ1v) is 9.57. The molecule has 0 aromatic heterocycles. The van der Waals surface area contributed by atoms with Crippen LogP contribution in [-0.4, -0.2) is 20.1 Å². The Labute approximate surface area is 145 Å². The van der Waals surface area contributed by atoms with E-state index in [4.69, 9.17) is 0 Å². The van der Waals surface area contributed by atoms with E-state index in [9.17, 15) is 13.2 Å². The third-order valence-electron chi connectivity index (χ3n) is 3.30. The molecule has 2 aromatic rings. The Hall–Kier alpha value is -1.66. The Kier molecular flexibility index (Phi) is 5.59. The van der Waals surface area contributed by atoms with E-state index in [0.29, 0.717) is 5.69 Å². The fourth-order valence-electron chi connectivity index (χ4n) is 2.12. The summed E-state index contributed by atoms with van der Waals surface area (Å²) in [5, 5.41) is 2.72. The van der Waals surface area contributed by atoms with Gasteiger partial charge in [-0.05, 0) is 49.7 Å². The predicted octanol–water partition coefficient (Wildman–Crippen LogP) is 3.87. The number of hydrogen-bond acceptors (Lipinski definition) is 3. The van der Waals surface area contributed by atoms with Crippen molar-refractivity contribution >= 4 is 37.4 Å². The lowest BCUT2D eigenvalue weighted by atomic mass is 10.2. The van der Waals surface area contributed by atoms with Crippen LogP contribution in [0.2, 0.25) is 0 Å². The zero-order valence-corrected chi connectivity index (χ0v) is 15.4. The molecule has 6 heteroatoms. The van der Waals surface area contributed by atoms with Crippen molar-refractivity contribution in [1.82, 2.24) is 0 Å². The maximum absolute atomic E-state index is 12.2. The van der Waals surface area contributed by atoms with Gasteiger partial charge in [-0.2, -0.15) is 0 Å². The summed E-state index contributed by atoms with van der Waals surface area (Å²) >= 11 is 3.36. The van der Waals surface area contributed by atoms with Gasteiger partial charge >= 0.3 is 0 Å². The molecule has 0 radical (unpaired) electrons. The minimum Gasteiger partial charge on any atom is -0.326 e. The summed E-state index contributed by atoms with van der Waals surface area (Å²) < 4.78 is 25.3. The van der Waals surface area contributed by atoms with Gasteiger partial charge in [0, 0.05) is 16.6 Å². The standard InChI is InChI=1S/C17H18BrNO3S/c1-12-3-5-16(6-4-12)23(21,22)8-7-17(20)19-15-10-13(2)9-14(18)11-15/h3-6,9-11H,7-8H2,1-2H3,(H,19,20). The first-order chi connectivity index (χ1) is 10.8. The Bertz CT molecular complexity index is 794. The SMILES string of the molecule is Cc1ccc(S(=O)(=O)CCC(=O)Nc2cc(C)cc(Br)c2)cc1. The van der Waals surface area contributed by atoms with Gasteiger partial charge in [-0.15, -0.1) is 0 Å². The monoisotopic (exact) mass is 395 g/mol. The van der Waals surface area contributed by atoms with Crippen molar-refractivity contribution in [2.75, 3.05) is 11.1 Å². The van der Waals surface area contributed by atoms with E-state index < -0.39 is 9.84 Å². The molecule has 0 saturated heterocycles. The van der Waals surface area contributed by atoms with E-state index in [1.807, 2.05) is 26.0 Å². The Morgan fingerprint density at radius 2 is 1.70 bits per heavy atom. The first-order valence-electron chi connectivity index (χ1n) is 7.13. The fraction of sp³-hybridized carbons (Fsp3) is 0.235. The molecule has 0 unspecified atom stereocenters. The van der Waals surface area contributed by atoms with Crippen LogP contribution >= 0.6 is 15.9 Å². The van der Waals surface area contributed by atoms with Gasteiger partial charge in [-0.3, -0.25) is 4.79 Å². The van der Waals surface area contributed by atoms with Gasteiger partial charge < -0.3 is 5.32 Å². The number of carbonyl (C=O) groups is 1. The Morgan fingerprint density at radius 1 is 1.04 bits per heavy atom. The average Bonchev–Trinajstić information content (AvgIpc) is 2.44. The van der Waals surface area contributed by atoms with Gasteiger partial charge in [0.05, 0.1) is 10.6 Å². The molecule has 0 atom stereocenters. The largest absolute Gasteiger partial charge is 0.326 e. The molecule has 0 aliphatic rings. The lowest BCUT2D eigenvalue weighted by molar-refractivity contribution is -0.115. The number of carbonyl (C=O) groups excluding carboxylic acids is 1. The number of benzene rings is 2. The van der Waals surface area contributed by atoms with E-state index in [0.717, 1.165) is 15.6 Å². The van der Waals surface area contributed by atoms with Crippen molar-refractivity contribution < 1.29 is 13.2 Å². The second kappa shape index (κ2) is 7.27. The number of hydrogen-bond donors (Lipinski definition) is 1. The van der Waals surface area contributed by atoms with Crippen molar-refractivity contribution in [3.05, 3.63) is 58.1 Å². The molecule has 2 rings (SSSR count). The van der Waals surface area contributed by atoms with Gasteiger partial charge in [0.2, 0.25) is 5.91 Å². The van der Waals surface area contributed by atoms with Crippen molar-refractivity contribution in [2.24, 2.45) is 0 Å². The van der Waals surface area contributed by atoms with Crippen LogP contribution < -0.4 is 5.32 Å². The Morgan fingerprint density at radius 3 is 2.30 bits per heavy atom.